The van der Waals surface area contributed by atoms with Crippen molar-refractivity contribution in [3.63, 3.8) is 0 Å². The second-order valence-corrected chi connectivity index (χ2v) is 5.70. The molecule has 0 aliphatic carbocycles. The number of nitrogens with two attached hydrogens (primary N) is 1. The average molecular weight is 304 g/mol. The molecule has 0 unspecified atom stereocenters. The van der Waals surface area contributed by atoms with Crippen LogP contribution in [0.3, 0.4) is 0 Å². The van der Waals surface area contributed by atoms with Gasteiger partial charge in [-0.2, -0.15) is 17.5 Å². The lowest BCUT2D eigenvalue weighted by molar-refractivity contribution is -0.134. The molecule has 2 N–H and O–H groups in total. The summed E-state index contributed by atoms with van der Waals surface area (Å²) in [6.45, 7) is -1.83. The molecule has 19 heavy (non-hydrogen) atoms. The van der Waals surface area contributed by atoms with E-state index in [1.807, 2.05) is 0 Å². The second kappa shape index (κ2) is 4.93. The van der Waals surface area contributed by atoms with Gasteiger partial charge in [0.1, 0.15) is 11.4 Å². The molecule has 1 aromatic rings. The van der Waals surface area contributed by atoms with Crippen molar-refractivity contribution in [1.82, 2.24) is 4.31 Å². The highest BCUT2D eigenvalue weighted by molar-refractivity contribution is 7.89. The molecular weight excluding hydrogens is 295 g/mol. The highest BCUT2D eigenvalue weighted by atomic mass is 32.2. The number of alkyl halides is 3. The molecule has 0 saturated heterocycles. The SMILES string of the molecule is CN(CC(F)(F)F)S(=O)(=O)c1cc(N)cc(F)c1F. The first-order valence-electron chi connectivity index (χ1n) is 4.73. The fourth-order valence-corrected chi connectivity index (χ4v) is 2.54. The molecule has 4 nitrogen and oxygen atoms in total. The van der Waals surface area contributed by atoms with Gasteiger partial charge >= 0.3 is 6.18 Å². The molecule has 1 aromatic carbocycles. The number of halogens is 5. The molecule has 0 fully saturated rings. The first kappa shape index (κ1) is 15.6. The first-order chi connectivity index (χ1) is 8.45. The third-order valence-electron chi connectivity index (χ3n) is 2.11. The predicted molar refractivity (Wildman–Crippen MR) is 56.6 cm³/mol. The second-order valence-electron chi connectivity index (χ2n) is 3.69. The maximum Gasteiger partial charge on any atom is 0.402 e. The summed E-state index contributed by atoms with van der Waals surface area (Å²) in [6.07, 6.45) is -4.81. The summed E-state index contributed by atoms with van der Waals surface area (Å²) >= 11 is 0. The third kappa shape index (κ3) is 3.53. The van der Waals surface area contributed by atoms with Gasteiger partial charge in [-0.25, -0.2) is 17.2 Å². The minimum absolute atomic E-state index is 0.135. The van der Waals surface area contributed by atoms with E-state index in [1.165, 1.54) is 0 Å². The summed E-state index contributed by atoms with van der Waals surface area (Å²) in [5.74, 6) is -3.33. The molecule has 0 radical (unpaired) electrons. The molecule has 0 bridgehead atoms. The van der Waals surface area contributed by atoms with E-state index in [4.69, 9.17) is 5.73 Å². The van der Waals surface area contributed by atoms with Gasteiger partial charge in [0.2, 0.25) is 10.0 Å². The van der Waals surface area contributed by atoms with Gasteiger partial charge in [-0.1, -0.05) is 0 Å². The molecule has 1 rings (SSSR count). The summed E-state index contributed by atoms with van der Waals surface area (Å²) in [4.78, 5) is -1.24. The van der Waals surface area contributed by atoms with E-state index in [1.54, 1.807) is 0 Å². The summed E-state index contributed by atoms with van der Waals surface area (Å²) in [5.41, 5.74) is 4.72. The van der Waals surface area contributed by atoms with Crippen LogP contribution in [0.5, 0.6) is 0 Å². The van der Waals surface area contributed by atoms with Crippen LogP contribution in [0.4, 0.5) is 27.6 Å². The van der Waals surface area contributed by atoms with E-state index < -0.39 is 45.0 Å². The Morgan fingerprint density at radius 1 is 1.26 bits per heavy atom. The molecule has 0 heterocycles. The Balaban J connectivity index is 3.28. The van der Waals surface area contributed by atoms with E-state index >= 15 is 0 Å². The Morgan fingerprint density at radius 3 is 2.26 bits per heavy atom. The van der Waals surface area contributed by atoms with E-state index in [9.17, 15) is 30.4 Å². The minimum Gasteiger partial charge on any atom is -0.399 e. The molecule has 0 aliphatic rings. The number of benzene rings is 1. The third-order valence-corrected chi connectivity index (χ3v) is 3.91. The van der Waals surface area contributed by atoms with Gasteiger partial charge in [0.25, 0.3) is 0 Å². The van der Waals surface area contributed by atoms with Crippen LogP contribution in [0.25, 0.3) is 0 Å². The Morgan fingerprint density at radius 2 is 1.79 bits per heavy atom. The molecule has 0 saturated carbocycles. The van der Waals surface area contributed by atoms with Crippen molar-refractivity contribution in [2.45, 2.75) is 11.1 Å². The van der Waals surface area contributed by atoms with Crippen molar-refractivity contribution in [2.75, 3.05) is 19.3 Å². The summed E-state index contributed by atoms with van der Waals surface area (Å²) in [7, 11) is -4.23. The fourth-order valence-electron chi connectivity index (χ4n) is 1.28. The maximum atomic E-state index is 13.4. The fraction of sp³-hybridized carbons (Fsp3) is 0.333. The number of sulfonamides is 1. The van der Waals surface area contributed by atoms with E-state index in [-0.39, 0.29) is 4.31 Å². The standard InChI is InChI=1S/C9H9F5N2O2S/c1-16(4-9(12,13)14)19(17,18)7-3-5(15)2-6(10)8(7)11/h2-3H,4,15H2,1H3. The molecule has 10 heteroatoms. The molecule has 0 amide bonds. The van der Waals surface area contributed by atoms with Gasteiger partial charge < -0.3 is 5.73 Å². The summed E-state index contributed by atoms with van der Waals surface area (Å²) in [5, 5.41) is 0. The molecule has 0 aromatic heterocycles. The number of hydrogen-bond donors (Lipinski definition) is 1. The zero-order valence-electron chi connectivity index (χ0n) is 9.50. The van der Waals surface area contributed by atoms with Crippen molar-refractivity contribution in [3.05, 3.63) is 23.8 Å². The highest BCUT2D eigenvalue weighted by Gasteiger charge is 2.36. The lowest BCUT2D eigenvalue weighted by Crippen LogP contribution is -2.36. The van der Waals surface area contributed by atoms with E-state index in [2.05, 4.69) is 0 Å². The largest absolute Gasteiger partial charge is 0.402 e. The smallest absolute Gasteiger partial charge is 0.399 e. The zero-order chi connectivity index (χ0) is 15.0. The van der Waals surface area contributed by atoms with E-state index in [0.29, 0.717) is 19.2 Å². The minimum atomic E-state index is -4.83. The lowest BCUT2D eigenvalue weighted by atomic mass is 10.3. The Labute approximate surface area is 105 Å². The van der Waals surface area contributed by atoms with Crippen molar-refractivity contribution < 1.29 is 30.4 Å². The topological polar surface area (TPSA) is 63.4 Å². The van der Waals surface area contributed by atoms with E-state index in [0.717, 1.165) is 0 Å². The lowest BCUT2D eigenvalue weighted by Gasteiger charge is -2.19. The molecule has 0 spiro atoms. The normalized spacial score (nSPS) is 13.0. The Bertz CT molecular complexity index is 585. The van der Waals surface area contributed by atoms with Gasteiger partial charge in [0.15, 0.2) is 11.6 Å². The van der Waals surface area contributed by atoms with Crippen LogP contribution in [0.2, 0.25) is 0 Å². The number of rotatable bonds is 3. The number of hydrogen-bond acceptors (Lipinski definition) is 3. The van der Waals surface area contributed by atoms with Crippen LogP contribution in [0.15, 0.2) is 17.0 Å². The van der Waals surface area contributed by atoms with Crippen LogP contribution in [-0.2, 0) is 10.0 Å². The van der Waals surface area contributed by atoms with Crippen LogP contribution in [0, 0.1) is 11.6 Å². The monoisotopic (exact) mass is 304 g/mol. The van der Waals surface area contributed by atoms with Crippen LogP contribution >= 0.6 is 0 Å². The number of nitrogen functional groups attached to an aromatic ring is 1. The summed E-state index contributed by atoms with van der Waals surface area (Å²) in [6, 6.07) is 1.08. The number of anilines is 1. The average Bonchev–Trinajstić information content (AvgIpc) is 2.20. The molecule has 108 valence electrons. The van der Waals surface area contributed by atoms with Crippen LogP contribution < -0.4 is 5.73 Å². The quantitative estimate of drug-likeness (QED) is 0.683. The van der Waals surface area contributed by atoms with Gasteiger partial charge in [0.05, 0.1) is 0 Å². The summed E-state index contributed by atoms with van der Waals surface area (Å²) < 4.78 is 86.0. The van der Waals surface area contributed by atoms with Crippen molar-refractivity contribution in [2.24, 2.45) is 0 Å². The van der Waals surface area contributed by atoms with Gasteiger partial charge in [-0.3, -0.25) is 0 Å². The van der Waals surface area contributed by atoms with Crippen LogP contribution in [-0.4, -0.2) is 32.5 Å². The molecule has 0 atom stereocenters. The Kier molecular flexibility index (Phi) is 4.06. The van der Waals surface area contributed by atoms with Gasteiger partial charge in [-0.05, 0) is 12.1 Å². The predicted octanol–water partition coefficient (Wildman–Crippen LogP) is 1.73. The Hall–Kier alpha value is -1.42. The van der Waals surface area contributed by atoms with Crippen LogP contribution in [0.1, 0.15) is 0 Å². The van der Waals surface area contributed by atoms with Crippen molar-refractivity contribution in [3.8, 4) is 0 Å². The number of nitrogens with zero attached hydrogens (tertiary/aromatic N) is 1. The maximum absolute atomic E-state index is 13.4. The highest BCUT2D eigenvalue weighted by Crippen LogP contribution is 2.26. The molecule has 0 aliphatic heterocycles. The van der Waals surface area contributed by atoms with Crippen molar-refractivity contribution >= 4 is 15.7 Å². The van der Waals surface area contributed by atoms with Gasteiger partial charge in [0, 0.05) is 12.7 Å². The van der Waals surface area contributed by atoms with Crippen molar-refractivity contribution in [1.29, 1.82) is 0 Å². The zero-order valence-corrected chi connectivity index (χ0v) is 10.3. The van der Waals surface area contributed by atoms with Gasteiger partial charge in [-0.15, -0.1) is 0 Å². The molecular formula is C9H9F5N2O2S. The first-order valence-corrected chi connectivity index (χ1v) is 6.17.